The molecule has 2 aromatic carbocycles. The summed E-state index contributed by atoms with van der Waals surface area (Å²) in [5, 5.41) is 1.21. The van der Waals surface area contributed by atoms with Crippen LogP contribution in [0.1, 0.15) is 5.56 Å². The minimum atomic E-state index is -3.35. The molecule has 2 rings (SSSR count). The summed E-state index contributed by atoms with van der Waals surface area (Å²) >= 11 is 0. The Morgan fingerprint density at radius 1 is 0.737 bits per heavy atom. The molecule has 19 heavy (non-hydrogen) atoms. The standard InChI is InChI=1S/C16H14O2S/c17-19(18,16-12-5-2-6-13-16)14-8-7-11-15-9-3-1-4-10-15/h1-14H. The van der Waals surface area contributed by atoms with Gasteiger partial charge in [-0.1, -0.05) is 66.8 Å². The molecule has 0 spiro atoms. The molecular weight excluding hydrogens is 256 g/mol. The van der Waals surface area contributed by atoms with Crippen molar-refractivity contribution in [3.05, 3.63) is 83.8 Å². The molecule has 2 nitrogen and oxygen atoms in total. The second-order valence-corrected chi connectivity index (χ2v) is 5.79. The third-order valence-electron chi connectivity index (χ3n) is 2.53. The lowest BCUT2D eigenvalue weighted by Crippen LogP contribution is -1.94. The molecule has 0 heterocycles. The summed E-state index contributed by atoms with van der Waals surface area (Å²) in [7, 11) is -3.35. The van der Waals surface area contributed by atoms with E-state index in [0.717, 1.165) is 5.56 Å². The van der Waals surface area contributed by atoms with Crippen LogP contribution in [0.25, 0.3) is 6.08 Å². The first-order chi connectivity index (χ1) is 9.18. The van der Waals surface area contributed by atoms with Crippen LogP contribution in [-0.4, -0.2) is 8.42 Å². The van der Waals surface area contributed by atoms with Gasteiger partial charge in [0.1, 0.15) is 0 Å². The Kier molecular flexibility index (Phi) is 4.31. The van der Waals surface area contributed by atoms with Gasteiger partial charge in [0.15, 0.2) is 9.84 Å². The van der Waals surface area contributed by atoms with Gasteiger partial charge in [-0.05, 0) is 17.7 Å². The average molecular weight is 270 g/mol. The predicted octanol–water partition coefficient (Wildman–Crippen LogP) is 3.69. The van der Waals surface area contributed by atoms with Crippen LogP contribution in [-0.2, 0) is 9.84 Å². The molecule has 0 aliphatic carbocycles. The molecule has 96 valence electrons. The monoisotopic (exact) mass is 270 g/mol. The maximum atomic E-state index is 11.9. The van der Waals surface area contributed by atoms with Gasteiger partial charge in [-0.3, -0.25) is 0 Å². The molecular formula is C16H14O2S. The normalized spacial score (nSPS) is 12.2. The van der Waals surface area contributed by atoms with E-state index in [-0.39, 0.29) is 0 Å². The topological polar surface area (TPSA) is 34.1 Å². The lowest BCUT2D eigenvalue weighted by atomic mass is 10.2. The quantitative estimate of drug-likeness (QED) is 0.794. The molecule has 0 radical (unpaired) electrons. The van der Waals surface area contributed by atoms with Gasteiger partial charge in [0.2, 0.25) is 0 Å². The van der Waals surface area contributed by atoms with E-state index in [1.807, 2.05) is 36.4 Å². The molecule has 0 bridgehead atoms. The van der Waals surface area contributed by atoms with Crippen LogP contribution in [0.4, 0.5) is 0 Å². The second-order valence-electron chi connectivity index (χ2n) is 3.96. The van der Waals surface area contributed by atoms with Crippen molar-refractivity contribution < 1.29 is 8.42 Å². The third kappa shape index (κ3) is 3.93. The first-order valence-electron chi connectivity index (χ1n) is 5.88. The molecule has 0 amide bonds. The van der Waals surface area contributed by atoms with E-state index in [9.17, 15) is 8.42 Å². The van der Waals surface area contributed by atoms with Crippen LogP contribution in [0, 0.1) is 0 Å². The van der Waals surface area contributed by atoms with Crippen molar-refractivity contribution in [2.45, 2.75) is 4.90 Å². The Balaban J connectivity index is 2.09. The van der Waals surface area contributed by atoms with Crippen molar-refractivity contribution in [2.24, 2.45) is 0 Å². The lowest BCUT2D eigenvalue weighted by Gasteiger charge is -1.96. The zero-order valence-electron chi connectivity index (χ0n) is 10.3. The maximum absolute atomic E-state index is 11.9. The van der Waals surface area contributed by atoms with E-state index in [0.29, 0.717) is 4.90 Å². The van der Waals surface area contributed by atoms with E-state index in [1.54, 1.807) is 36.4 Å². The summed E-state index contributed by atoms with van der Waals surface area (Å²) < 4.78 is 23.8. The average Bonchev–Trinajstić information content (AvgIpc) is 2.46. The van der Waals surface area contributed by atoms with Gasteiger partial charge < -0.3 is 0 Å². The van der Waals surface area contributed by atoms with Gasteiger partial charge in [0.05, 0.1) is 4.90 Å². The molecule has 0 aromatic heterocycles. The largest absolute Gasteiger partial charge is 0.219 e. The van der Waals surface area contributed by atoms with E-state index in [2.05, 4.69) is 0 Å². The first-order valence-corrected chi connectivity index (χ1v) is 7.43. The summed E-state index contributed by atoms with van der Waals surface area (Å²) in [6, 6.07) is 18.1. The zero-order valence-corrected chi connectivity index (χ0v) is 11.1. The van der Waals surface area contributed by atoms with Gasteiger partial charge in [0, 0.05) is 5.41 Å². The van der Waals surface area contributed by atoms with Crippen LogP contribution in [0.3, 0.4) is 0 Å². The molecule has 0 fully saturated rings. The van der Waals surface area contributed by atoms with Gasteiger partial charge in [-0.2, -0.15) is 0 Å². The fraction of sp³-hybridized carbons (Fsp3) is 0. The SMILES string of the molecule is O=S(=O)(C=CC=Cc1ccccc1)c1ccccc1. The number of rotatable bonds is 4. The highest BCUT2D eigenvalue weighted by molar-refractivity contribution is 7.94. The highest BCUT2D eigenvalue weighted by Gasteiger charge is 2.07. The molecule has 0 aliphatic rings. The van der Waals surface area contributed by atoms with Crippen molar-refractivity contribution in [1.29, 1.82) is 0 Å². The molecule has 2 aromatic rings. The molecule has 0 saturated heterocycles. The minimum Gasteiger partial charge on any atom is -0.219 e. The summed E-state index contributed by atoms with van der Waals surface area (Å²) in [5.74, 6) is 0. The van der Waals surface area contributed by atoms with Crippen LogP contribution in [0.2, 0.25) is 0 Å². The second kappa shape index (κ2) is 6.16. The van der Waals surface area contributed by atoms with Crippen molar-refractivity contribution in [3.63, 3.8) is 0 Å². The number of hydrogen-bond acceptors (Lipinski definition) is 2. The lowest BCUT2D eigenvalue weighted by molar-refractivity contribution is 0.604. The summed E-state index contributed by atoms with van der Waals surface area (Å²) in [5.41, 5.74) is 1.03. The van der Waals surface area contributed by atoms with Crippen molar-refractivity contribution in [2.75, 3.05) is 0 Å². The summed E-state index contributed by atoms with van der Waals surface area (Å²) in [6.45, 7) is 0. The van der Waals surface area contributed by atoms with Crippen LogP contribution < -0.4 is 0 Å². The smallest absolute Gasteiger partial charge is 0.199 e. The summed E-state index contributed by atoms with van der Waals surface area (Å²) in [6.07, 6.45) is 5.11. The Hall–Kier alpha value is -2.13. The van der Waals surface area contributed by atoms with E-state index < -0.39 is 9.84 Å². The molecule has 3 heteroatoms. The highest BCUT2D eigenvalue weighted by atomic mass is 32.2. The van der Waals surface area contributed by atoms with Crippen LogP contribution in [0.15, 0.2) is 83.1 Å². The zero-order chi connectivity index (χ0) is 13.6. The molecule has 0 atom stereocenters. The Labute approximate surface area is 113 Å². The predicted molar refractivity (Wildman–Crippen MR) is 78.2 cm³/mol. The maximum Gasteiger partial charge on any atom is 0.199 e. The Morgan fingerprint density at radius 3 is 1.95 bits per heavy atom. The van der Waals surface area contributed by atoms with Gasteiger partial charge in [-0.25, -0.2) is 8.42 Å². The van der Waals surface area contributed by atoms with Crippen LogP contribution >= 0.6 is 0 Å². The molecule has 0 unspecified atom stereocenters. The number of sulfone groups is 1. The van der Waals surface area contributed by atoms with Crippen molar-refractivity contribution in [3.8, 4) is 0 Å². The number of allylic oxidation sites excluding steroid dienone is 2. The van der Waals surface area contributed by atoms with Crippen LogP contribution in [0.5, 0.6) is 0 Å². The van der Waals surface area contributed by atoms with Crippen molar-refractivity contribution in [1.82, 2.24) is 0 Å². The fourth-order valence-corrected chi connectivity index (χ4v) is 2.56. The summed E-state index contributed by atoms with van der Waals surface area (Å²) in [4.78, 5) is 0.305. The number of hydrogen-bond donors (Lipinski definition) is 0. The van der Waals surface area contributed by atoms with Crippen molar-refractivity contribution >= 4 is 15.9 Å². The molecule has 0 N–H and O–H groups in total. The van der Waals surface area contributed by atoms with E-state index in [4.69, 9.17) is 0 Å². The Bertz CT molecular complexity index is 669. The van der Waals surface area contributed by atoms with E-state index in [1.165, 1.54) is 11.5 Å². The molecule has 0 saturated carbocycles. The Morgan fingerprint density at radius 2 is 1.32 bits per heavy atom. The highest BCUT2D eigenvalue weighted by Crippen LogP contribution is 2.11. The molecule has 0 aliphatic heterocycles. The van der Waals surface area contributed by atoms with Gasteiger partial charge in [-0.15, -0.1) is 0 Å². The first kappa shape index (κ1) is 13.3. The minimum absolute atomic E-state index is 0.305. The van der Waals surface area contributed by atoms with Gasteiger partial charge in [0.25, 0.3) is 0 Å². The van der Waals surface area contributed by atoms with Gasteiger partial charge >= 0.3 is 0 Å². The van der Waals surface area contributed by atoms with E-state index >= 15 is 0 Å². The number of benzene rings is 2. The third-order valence-corrected chi connectivity index (χ3v) is 3.97. The fourth-order valence-electron chi connectivity index (χ4n) is 1.57.